The van der Waals surface area contributed by atoms with Gasteiger partial charge in [0.15, 0.2) is 0 Å². The molecule has 0 saturated carbocycles. The van der Waals surface area contributed by atoms with Crippen molar-refractivity contribution >= 4 is 5.97 Å². The largest absolute Gasteiger partial charge is 0.456 e. The normalized spacial score (nSPS) is 11.2. The standard InChI is InChI=1S/C17H19NO2/c1-12-15(9-6-10-18-12)13-7-5-8-14(11-13)16(19)20-17(2,3)4/h5-11H,1-4H3. The molecular formula is C17H19NO2. The van der Waals surface area contributed by atoms with Crippen molar-refractivity contribution < 1.29 is 9.53 Å². The lowest BCUT2D eigenvalue weighted by atomic mass is 10.0. The molecule has 0 aliphatic rings. The van der Waals surface area contributed by atoms with Gasteiger partial charge >= 0.3 is 5.97 Å². The number of carbonyl (C=O) groups is 1. The summed E-state index contributed by atoms with van der Waals surface area (Å²) >= 11 is 0. The van der Waals surface area contributed by atoms with Gasteiger partial charge in [0, 0.05) is 17.5 Å². The van der Waals surface area contributed by atoms with Crippen molar-refractivity contribution in [2.75, 3.05) is 0 Å². The molecule has 0 aliphatic carbocycles. The molecule has 1 aromatic carbocycles. The van der Waals surface area contributed by atoms with Crippen LogP contribution >= 0.6 is 0 Å². The molecule has 1 aromatic heterocycles. The molecule has 0 amide bonds. The average molecular weight is 269 g/mol. The fraction of sp³-hybridized carbons (Fsp3) is 0.294. The van der Waals surface area contributed by atoms with Crippen molar-refractivity contribution in [3.63, 3.8) is 0 Å². The second-order valence-corrected chi connectivity index (χ2v) is 5.72. The average Bonchev–Trinajstić information content (AvgIpc) is 2.37. The minimum Gasteiger partial charge on any atom is -0.456 e. The minimum absolute atomic E-state index is 0.305. The van der Waals surface area contributed by atoms with E-state index in [1.165, 1.54) is 0 Å². The quantitative estimate of drug-likeness (QED) is 0.773. The molecule has 2 rings (SSSR count). The summed E-state index contributed by atoms with van der Waals surface area (Å²) in [5, 5.41) is 0. The Bertz CT molecular complexity index is 627. The predicted octanol–water partition coefficient (Wildman–Crippen LogP) is 4.01. The number of hydrogen-bond donors (Lipinski definition) is 0. The molecule has 0 unspecified atom stereocenters. The molecule has 1 heterocycles. The Labute approximate surface area is 119 Å². The monoisotopic (exact) mass is 269 g/mol. The maximum Gasteiger partial charge on any atom is 0.338 e. The number of pyridine rings is 1. The summed E-state index contributed by atoms with van der Waals surface area (Å²) in [6.07, 6.45) is 1.76. The van der Waals surface area contributed by atoms with Gasteiger partial charge in [-0.3, -0.25) is 4.98 Å². The first kappa shape index (κ1) is 14.3. The van der Waals surface area contributed by atoms with Crippen molar-refractivity contribution in [3.8, 4) is 11.1 Å². The van der Waals surface area contributed by atoms with Crippen LogP contribution in [0.5, 0.6) is 0 Å². The first-order valence-corrected chi connectivity index (χ1v) is 6.62. The summed E-state index contributed by atoms with van der Waals surface area (Å²) in [5.74, 6) is -0.305. The molecule has 0 spiro atoms. The van der Waals surface area contributed by atoms with Gasteiger partial charge in [0.1, 0.15) is 5.60 Å². The Morgan fingerprint density at radius 2 is 1.90 bits per heavy atom. The molecule has 0 bridgehead atoms. The zero-order valence-corrected chi connectivity index (χ0v) is 12.3. The summed E-state index contributed by atoms with van der Waals surface area (Å²) in [4.78, 5) is 16.4. The molecule has 3 nitrogen and oxygen atoms in total. The van der Waals surface area contributed by atoms with Gasteiger partial charge in [0.05, 0.1) is 5.56 Å². The minimum atomic E-state index is -0.489. The van der Waals surface area contributed by atoms with Gasteiger partial charge in [-0.25, -0.2) is 4.79 Å². The van der Waals surface area contributed by atoms with E-state index in [1.807, 2.05) is 58.0 Å². The van der Waals surface area contributed by atoms with Gasteiger partial charge < -0.3 is 4.74 Å². The van der Waals surface area contributed by atoms with Crippen LogP contribution in [0.25, 0.3) is 11.1 Å². The van der Waals surface area contributed by atoms with E-state index in [-0.39, 0.29) is 5.97 Å². The highest BCUT2D eigenvalue weighted by Crippen LogP contribution is 2.23. The van der Waals surface area contributed by atoms with Crippen molar-refractivity contribution in [1.82, 2.24) is 4.98 Å². The summed E-state index contributed by atoms with van der Waals surface area (Å²) in [5.41, 5.74) is 3.00. The molecule has 0 aliphatic heterocycles. The highest BCUT2D eigenvalue weighted by Gasteiger charge is 2.18. The molecule has 0 N–H and O–H groups in total. The molecule has 2 aromatic rings. The van der Waals surface area contributed by atoms with Crippen LogP contribution in [0.2, 0.25) is 0 Å². The molecule has 20 heavy (non-hydrogen) atoms. The van der Waals surface area contributed by atoms with E-state index in [4.69, 9.17) is 4.74 Å². The summed E-state index contributed by atoms with van der Waals surface area (Å²) in [7, 11) is 0. The van der Waals surface area contributed by atoms with Crippen LogP contribution in [0.3, 0.4) is 0 Å². The molecule has 0 atom stereocenters. The van der Waals surface area contributed by atoms with Crippen LogP contribution in [-0.4, -0.2) is 16.6 Å². The van der Waals surface area contributed by atoms with Gasteiger partial charge in [0.2, 0.25) is 0 Å². The number of aryl methyl sites for hydroxylation is 1. The SMILES string of the molecule is Cc1ncccc1-c1cccc(C(=O)OC(C)(C)C)c1. The van der Waals surface area contributed by atoms with E-state index in [9.17, 15) is 4.79 Å². The maximum atomic E-state index is 12.1. The molecular weight excluding hydrogens is 250 g/mol. The lowest BCUT2D eigenvalue weighted by Gasteiger charge is -2.19. The highest BCUT2D eigenvalue weighted by atomic mass is 16.6. The third kappa shape index (κ3) is 3.44. The fourth-order valence-electron chi connectivity index (χ4n) is 1.94. The molecule has 0 fully saturated rings. The number of benzene rings is 1. The Morgan fingerprint density at radius 1 is 1.15 bits per heavy atom. The Balaban J connectivity index is 2.34. The number of esters is 1. The van der Waals surface area contributed by atoms with E-state index in [0.29, 0.717) is 5.56 Å². The highest BCUT2D eigenvalue weighted by molar-refractivity contribution is 5.91. The van der Waals surface area contributed by atoms with Gasteiger partial charge in [-0.2, -0.15) is 0 Å². The Morgan fingerprint density at radius 3 is 2.55 bits per heavy atom. The van der Waals surface area contributed by atoms with Crippen LogP contribution in [0.1, 0.15) is 36.8 Å². The Kier molecular flexibility index (Phi) is 3.89. The van der Waals surface area contributed by atoms with Gasteiger partial charge in [0.25, 0.3) is 0 Å². The molecule has 104 valence electrons. The topological polar surface area (TPSA) is 39.2 Å². The van der Waals surface area contributed by atoms with Crippen molar-refractivity contribution in [3.05, 3.63) is 53.9 Å². The van der Waals surface area contributed by atoms with Crippen LogP contribution in [0.15, 0.2) is 42.6 Å². The predicted molar refractivity (Wildman–Crippen MR) is 79.6 cm³/mol. The van der Waals surface area contributed by atoms with Crippen molar-refractivity contribution in [2.24, 2.45) is 0 Å². The number of aromatic nitrogens is 1. The number of rotatable bonds is 2. The maximum absolute atomic E-state index is 12.1. The van der Waals surface area contributed by atoms with Crippen molar-refractivity contribution in [1.29, 1.82) is 0 Å². The van der Waals surface area contributed by atoms with Crippen LogP contribution in [0.4, 0.5) is 0 Å². The number of nitrogens with zero attached hydrogens (tertiary/aromatic N) is 1. The second-order valence-electron chi connectivity index (χ2n) is 5.72. The number of hydrogen-bond acceptors (Lipinski definition) is 3. The van der Waals surface area contributed by atoms with Gasteiger partial charge in [-0.15, -0.1) is 0 Å². The third-order valence-corrected chi connectivity index (χ3v) is 2.82. The second kappa shape index (κ2) is 5.45. The molecule has 3 heteroatoms. The van der Waals surface area contributed by atoms with Gasteiger partial charge in [-0.05, 0) is 51.5 Å². The zero-order valence-electron chi connectivity index (χ0n) is 12.3. The van der Waals surface area contributed by atoms with Crippen LogP contribution in [0, 0.1) is 6.92 Å². The van der Waals surface area contributed by atoms with E-state index < -0.39 is 5.60 Å². The first-order valence-electron chi connectivity index (χ1n) is 6.62. The Hall–Kier alpha value is -2.16. The summed E-state index contributed by atoms with van der Waals surface area (Å²) < 4.78 is 5.39. The number of carbonyl (C=O) groups excluding carboxylic acids is 1. The van der Waals surface area contributed by atoms with E-state index in [2.05, 4.69) is 4.98 Å². The summed E-state index contributed by atoms with van der Waals surface area (Å²) in [6.45, 7) is 7.54. The molecule has 0 saturated heterocycles. The first-order chi connectivity index (χ1) is 9.37. The molecule has 0 radical (unpaired) electrons. The van der Waals surface area contributed by atoms with Crippen molar-refractivity contribution in [2.45, 2.75) is 33.3 Å². The number of ether oxygens (including phenoxy) is 1. The summed E-state index contributed by atoms with van der Waals surface area (Å²) in [6, 6.07) is 11.3. The van der Waals surface area contributed by atoms with Gasteiger partial charge in [-0.1, -0.05) is 18.2 Å². The van der Waals surface area contributed by atoms with E-state index in [1.54, 1.807) is 12.3 Å². The van der Waals surface area contributed by atoms with Crippen LogP contribution in [-0.2, 0) is 4.74 Å². The van der Waals surface area contributed by atoms with Crippen LogP contribution < -0.4 is 0 Å². The lowest BCUT2D eigenvalue weighted by molar-refractivity contribution is 0.00696. The zero-order chi connectivity index (χ0) is 14.8. The fourth-order valence-corrected chi connectivity index (χ4v) is 1.94. The van der Waals surface area contributed by atoms with E-state index >= 15 is 0 Å². The smallest absolute Gasteiger partial charge is 0.338 e. The van der Waals surface area contributed by atoms with E-state index in [0.717, 1.165) is 16.8 Å². The third-order valence-electron chi connectivity index (χ3n) is 2.82. The lowest BCUT2D eigenvalue weighted by Crippen LogP contribution is -2.23.